The van der Waals surface area contributed by atoms with E-state index in [1.54, 1.807) is 29.4 Å². The van der Waals surface area contributed by atoms with E-state index in [0.29, 0.717) is 37.7 Å². The molecule has 1 aromatic heterocycles. The quantitative estimate of drug-likeness (QED) is 0.754. The van der Waals surface area contributed by atoms with E-state index >= 15 is 0 Å². The Labute approximate surface area is 164 Å². The lowest BCUT2D eigenvalue weighted by molar-refractivity contribution is -0.134. The predicted molar refractivity (Wildman–Crippen MR) is 104 cm³/mol. The molecule has 1 aliphatic carbocycles. The lowest BCUT2D eigenvalue weighted by atomic mass is 9.90. The Morgan fingerprint density at radius 1 is 0.964 bits per heavy atom. The highest BCUT2D eigenvalue weighted by atomic mass is 16.5. The molecule has 4 rings (SSSR count). The van der Waals surface area contributed by atoms with Gasteiger partial charge in [-0.1, -0.05) is 6.07 Å². The fourth-order valence-electron chi connectivity index (χ4n) is 3.77. The maximum atomic E-state index is 12.4. The Morgan fingerprint density at radius 3 is 2.43 bits per heavy atom. The highest BCUT2D eigenvalue weighted by Crippen LogP contribution is 2.22. The third-order valence-electron chi connectivity index (χ3n) is 5.38. The number of rotatable bonds is 4. The molecule has 0 radical (unpaired) electrons. The second-order valence-corrected chi connectivity index (χ2v) is 7.18. The number of aryl methyl sites for hydroxylation is 2. The van der Waals surface area contributed by atoms with Crippen molar-refractivity contribution in [3.63, 3.8) is 0 Å². The summed E-state index contributed by atoms with van der Waals surface area (Å²) in [5.41, 5.74) is 3.07. The topological polar surface area (TPSA) is 75.6 Å². The summed E-state index contributed by atoms with van der Waals surface area (Å²) in [5.74, 6) is 0.0754. The Hall–Kier alpha value is -2.96. The normalized spacial score (nSPS) is 16.4. The van der Waals surface area contributed by atoms with Gasteiger partial charge in [0, 0.05) is 38.6 Å². The van der Waals surface area contributed by atoms with Crippen LogP contribution in [0.4, 0.5) is 5.95 Å². The van der Waals surface area contributed by atoms with Crippen molar-refractivity contribution < 1.29 is 14.3 Å². The minimum absolute atomic E-state index is 0.167. The van der Waals surface area contributed by atoms with E-state index in [0.717, 1.165) is 19.3 Å². The van der Waals surface area contributed by atoms with Crippen LogP contribution in [0.25, 0.3) is 0 Å². The molecular formula is C21H24N4O3. The number of amides is 1. The minimum Gasteiger partial charge on any atom is -0.452 e. The predicted octanol–water partition coefficient (Wildman–Crippen LogP) is 1.86. The van der Waals surface area contributed by atoms with Crippen LogP contribution in [0.1, 0.15) is 34.3 Å². The van der Waals surface area contributed by atoms with Crippen molar-refractivity contribution in [1.29, 1.82) is 0 Å². The number of esters is 1. The molecule has 1 aliphatic heterocycles. The number of carbonyl (C=O) groups excluding carboxylic acids is 2. The number of nitrogens with zero attached hydrogens (tertiary/aromatic N) is 4. The maximum Gasteiger partial charge on any atom is 0.338 e. The molecule has 0 atom stereocenters. The molecule has 146 valence electrons. The summed E-state index contributed by atoms with van der Waals surface area (Å²) in [7, 11) is 0. The number of piperazine rings is 1. The molecule has 0 N–H and O–H groups in total. The molecule has 0 unspecified atom stereocenters. The van der Waals surface area contributed by atoms with Crippen LogP contribution in [0, 0.1) is 0 Å². The second-order valence-electron chi connectivity index (χ2n) is 7.18. The second kappa shape index (κ2) is 8.37. The molecule has 2 aromatic rings. The van der Waals surface area contributed by atoms with Crippen LogP contribution in [-0.2, 0) is 22.4 Å². The van der Waals surface area contributed by atoms with Crippen LogP contribution in [0.2, 0.25) is 0 Å². The summed E-state index contributed by atoms with van der Waals surface area (Å²) in [6.45, 7) is 2.22. The van der Waals surface area contributed by atoms with Gasteiger partial charge in [0.05, 0.1) is 5.56 Å². The number of benzene rings is 1. The summed E-state index contributed by atoms with van der Waals surface area (Å²) in [6.07, 6.45) is 7.85. The zero-order chi connectivity index (χ0) is 19.3. The first-order valence-electron chi connectivity index (χ1n) is 9.79. The molecular weight excluding hydrogens is 356 g/mol. The molecule has 1 fully saturated rings. The van der Waals surface area contributed by atoms with Gasteiger partial charge >= 0.3 is 5.97 Å². The van der Waals surface area contributed by atoms with Gasteiger partial charge in [0.1, 0.15) is 0 Å². The van der Waals surface area contributed by atoms with Crippen LogP contribution in [0.3, 0.4) is 0 Å². The fraction of sp³-hybridized carbons (Fsp3) is 0.429. The van der Waals surface area contributed by atoms with Gasteiger partial charge in [0.25, 0.3) is 5.91 Å². The van der Waals surface area contributed by atoms with Crippen molar-refractivity contribution >= 4 is 17.8 Å². The number of carbonyl (C=O) groups is 2. The number of hydrogen-bond acceptors (Lipinski definition) is 6. The van der Waals surface area contributed by atoms with Crippen LogP contribution in [0.5, 0.6) is 0 Å². The Morgan fingerprint density at radius 2 is 1.68 bits per heavy atom. The lowest BCUT2D eigenvalue weighted by Gasteiger charge is -2.34. The molecule has 0 saturated carbocycles. The van der Waals surface area contributed by atoms with Crippen LogP contribution in [-0.4, -0.2) is 59.5 Å². The molecule has 1 aromatic carbocycles. The van der Waals surface area contributed by atoms with Crippen molar-refractivity contribution in [2.45, 2.75) is 25.7 Å². The largest absolute Gasteiger partial charge is 0.452 e. The molecule has 0 spiro atoms. The maximum absolute atomic E-state index is 12.4. The first kappa shape index (κ1) is 18.4. The molecule has 28 heavy (non-hydrogen) atoms. The summed E-state index contributed by atoms with van der Waals surface area (Å²) in [6, 6.07) is 7.51. The molecule has 1 amide bonds. The Bertz CT molecular complexity index is 848. The van der Waals surface area contributed by atoms with E-state index in [-0.39, 0.29) is 12.5 Å². The number of fused-ring (bicyclic) bond motifs is 1. The number of anilines is 1. The van der Waals surface area contributed by atoms with E-state index < -0.39 is 5.97 Å². The van der Waals surface area contributed by atoms with Crippen molar-refractivity contribution in [2.75, 3.05) is 37.7 Å². The fourth-order valence-corrected chi connectivity index (χ4v) is 3.77. The van der Waals surface area contributed by atoms with E-state index in [9.17, 15) is 9.59 Å². The van der Waals surface area contributed by atoms with Crippen molar-refractivity contribution in [1.82, 2.24) is 14.9 Å². The average molecular weight is 380 g/mol. The van der Waals surface area contributed by atoms with Crippen LogP contribution < -0.4 is 4.90 Å². The first-order valence-corrected chi connectivity index (χ1v) is 9.79. The van der Waals surface area contributed by atoms with E-state index in [4.69, 9.17) is 4.74 Å². The van der Waals surface area contributed by atoms with E-state index in [1.807, 2.05) is 17.0 Å². The first-order chi connectivity index (χ1) is 13.7. The van der Waals surface area contributed by atoms with Crippen molar-refractivity contribution in [3.05, 3.63) is 53.3 Å². The molecule has 1 saturated heterocycles. The molecule has 0 bridgehead atoms. The van der Waals surface area contributed by atoms with Gasteiger partial charge in [-0.2, -0.15) is 0 Å². The summed E-state index contributed by atoms with van der Waals surface area (Å²) in [4.78, 5) is 37.0. The lowest BCUT2D eigenvalue weighted by Crippen LogP contribution is -2.50. The van der Waals surface area contributed by atoms with Gasteiger partial charge in [-0.3, -0.25) is 4.79 Å². The molecule has 7 heteroatoms. The standard InChI is InChI=1S/C21H24N4O3/c26-19(24-10-12-25(13-11-24)21-22-8-3-9-23-21)15-28-20(27)18-7-6-16-4-1-2-5-17(16)14-18/h3,6-9,14H,1-2,4-5,10-13,15H2. The summed E-state index contributed by atoms with van der Waals surface area (Å²) >= 11 is 0. The third-order valence-corrected chi connectivity index (χ3v) is 5.38. The van der Waals surface area contributed by atoms with E-state index in [1.165, 1.54) is 17.5 Å². The number of ether oxygens (including phenoxy) is 1. The SMILES string of the molecule is O=C(OCC(=O)N1CCN(c2ncccn2)CC1)c1ccc2c(c1)CCCC2. The monoisotopic (exact) mass is 380 g/mol. The van der Waals surface area contributed by atoms with Crippen LogP contribution in [0.15, 0.2) is 36.7 Å². The van der Waals surface area contributed by atoms with Gasteiger partial charge in [0.2, 0.25) is 5.95 Å². The Balaban J connectivity index is 1.27. The van der Waals surface area contributed by atoms with Gasteiger partial charge in [-0.05, 0) is 55.0 Å². The highest BCUT2D eigenvalue weighted by Gasteiger charge is 2.23. The van der Waals surface area contributed by atoms with Crippen LogP contribution >= 0.6 is 0 Å². The minimum atomic E-state index is -0.432. The zero-order valence-corrected chi connectivity index (χ0v) is 15.8. The van der Waals surface area contributed by atoms with Crippen molar-refractivity contribution in [2.24, 2.45) is 0 Å². The Kier molecular flexibility index (Phi) is 5.50. The van der Waals surface area contributed by atoms with Gasteiger partial charge < -0.3 is 14.5 Å². The molecule has 7 nitrogen and oxygen atoms in total. The average Bonchev–Trinajstić information content (AvgIpc) is 2.77. The van der Waals surface area contributed by atoms with Gasteiger partial charge in [-0.25, -0.2) is 14.8 Å². The third kappa shape index (κ3) is 4.13. The highest BCUT2D eigenvalue weighted by molar-refractivity contribution is 5.91. The zero-order valence-electron chi connectivity index (χ0n) is 15.8. The molecule has 2 aliphatic rings. The smallest absolute Gasteiger partial charge is 0.338 e. The summed E-state index contributed by atoms with van der Waals surface area (Å²) in [5, 5.41) is 0. The molecule has 2 heterocycles. The summed E-state index contributed by atoms with van der Waals surface area (Å²) < 4.78 is 5.28. The van der Waals surface area contributed by atoms with Crippen molar-refractivity contribution in [3.8, 4) is 0 Å². The van der Waals surface area contributed by atoms with Gasteiger partial charge in [-0.15, -0.1) is 0 Å². The van der Waals surface area contributed by atoms with E-state index in [2.05, 4.69) is 9.97 Å². The van der Waals surface area contributed by atoms with Gasteiger partial charge in [0.15, 0.2) is 6.61 Å². The number of hydrogen-bond donors (Lipinski definition) is 0. The number of aromatic nitrogens is 2.